The van der Waals surface area contributed by atoms with E-state index in [0.29, 0.717) is 5.69 Å². The molecule has 2 rings (SSSR count). The largest absolute Gasteiger partial charge is 0.478 e. The van der Waals surface area contributed by atoms with Crippen LogP contribution in [0.5, 0.6) is 0 Å². The van der Waals surface area contributed by atoms with Crippen molar-refractivity contribution in [3.63, 3.8) is 0 Å². The van der Waals surface area contributed by atoms with Crippen molar-refractivity contribution in [1.82, 2.24) is 0 Å². The van der Waals surface area contributed by atoms with Crippen molar-refractivity contribution >= 4 is 17.3 Å². The molecular weight excluding hydrogens is 232 g/mol. The van der Waals surface area contributed by atoms with Crippen molar-refractivity contribution in [3.05, 3.63) is 23.8 Å². The number of nitrogens with zero attached hydrogens (tertiary/aromatic N) is 1. The van der Waals surface area contributed by atoms with Crippen LogP contribution in [0.4, 0.5) is 11.4 Å². The van der Waals surface area contributed by atoms with Crippen molar-refractivity contribution in [3.8, 4) is 0 Å². The van der Waals surface area contributed by atoms with E-state index in [1.165, 1.54) is 0 Å². The number of hydrogen-bond acceptors (Lipinski definition) is 4. The van der Waals surface area contributed by atoms with E-state index in [1.54, 1.807) is 18.2 Å². The molecule has 5 nitrogen and oxygen atoms in total. The second kappa shape index (κ2) is 4.86. The molecule has 0 saturated carbocycles. The monoisotopic (exact) mass is 250 g/mol. The fourth-order valence-corrected chi connectivity index (χ4v) is 2.33. The molecule has 0 radical (unpaired) electrons. The lowest BCUT2D eigenvalue weighted by Gasteiger charge is -2.37. The summed E-state index contributed by atoms with van der Waals surface area (Å²) in [5, 5.41) is 8.94. The van der Waals surface area contributed by atoms with E-state index in [2.05, 4.69) is 4.90 Å². The minimum Gasteiger partial charge on any atom is -0.478 e. The van der Waals surface area contributed by atoms with Gasteiger partial charge in [0.1, 0.15) is 0 Å². The number of morpholine rings is 1. The van der Waals surface area contributed by atoms with Crippen LogP contribution in [0.15, 0.2) is 18.2 Å². The highest BCUT2D eigenvalue weighted by Gasteiger charge is 2.23. The Balaban J connectivity index is 2.23. The van der Waals surface area contributed by atoms with Gasteiger partial charge in [-0.05, 0) is 32.0 Å². The van der Waals surface area contributed by atoms with Gasteiger partial charge in [-0.15, -0.1) is 0 Å². The van der Waals surface area contributed by atoms with Gasteiger partial charge in [-0.2, -0.15) is 0 Å². The molecule has 5 heteroatoms. The molecule has 1 aromatic carbocycles. The maximum atomic E-state index is 10.9. The average Bonchev–Trinajstić information content (AvgIpc) is 2.26. The predicted octanol–water partition coefficient (Wildman–Crippen LogP) is 1.58. The van der Waals surface area contributed by atoms with Gasteiger partial charge in [0, 0.05) is 24.5 Å². The van der Waals surface area contributed by atoms with Gasteiger partial charge in [0.15, 0.2) is 0 Å². The zero-order valence-electron chi connectivity index (χ0n) is 10.6. The molecule has 0 unspecified atom stereocenters. The summed E-state index contributed by atoms with van der Waals surface area (Å²) in [5.41, 5.74) is 7.15. The molecule has 18 heavy (non-hydrogen) atoms. The minimum absolute atomic E-state index is 0.146. The number of benzene rings is 1. The Hall–Kier alpha value is -1.75. The fourth-order valence-electron chi connectivity index (χ4n) is 2.33. The van der Waals surface area contributed by atoms with Gasteiger partial charge in [0.25, 0.3) is 0 Å². The number of rotatable bonds is 2. The summed E-state index contributed by atoms with van der Waals surface area (Å²) in [5.74, 6) is -0.997. The quantitative estimate of drug-likeness (QED) is 0.779. The molecule has 1 saturated heterocycles. The van der Waals surface area contributed by atoms with Gasteiger partial charge in [-0.25, -0.2) is 4.79 Å². The molecule has 3 N–H and O–H groups in total. The Bertz CT molecular complexity index is 452. The summed E-state index contributed by atoms with van der Waals surface area (Å²) >= 11 is 0. The number of aromatic carboxylic acids is 1. The summed E-state index contributed by atoms with van der Waals surface area (Å²) in [6.07, 6.45) is 0.322. The standard InChI is InChI=1S/C13H18N2O3/c1-8-6-15(7-9(2)18-8)10-3-4-11(13(16)17)12(14)5-10/h3-5,8-9H,6-7,14H2,1-2H3,(H,16,17)/t8-,9+. The zero-order chi connectivity index (χ0) is 13.3. The zero-order valence-corrected chi connectivity index (χ0v) is 10.6. The van der Waals surface area contributed by atoms with Crippen molar-refractivity contribution < 1.29 is 14.6 Å². The van der Waals surface area contributed by atoms with Crippen molar-refractivity contribution in [2.24, 2.45) is 0 Å². The second-order valence-electron chi connectivity index (χ2n) is 4.74. The smallest absolute Gasteiger partial charge is 0.337 e. The van der Waals surface area contributed by atoms with Gasteiger partial charge in [0.2, 0.25) is 0 Å². The number of anilines is 2. The summed E-state index contributed by atoms with van der Waals surface area (Å²) in [7, 11) is 0. The van der Waals surface area contributed by atoms with Crippen LogP contribution >= 0.6 is 0 Å². The average molecular weight is 250 g/mol. The lowest BCUT2D eigenvalue weighted by molar-refractivity contribution is -0.00522. The molecule has 1 heterocycles. The normalized spacial score (nSPS) is 24.0. The molecule has 0 aliphatic carbocycles. The SMILES string of the molecule is C[C@@H]1CN(c2ccc(C(=O)O)c(N)c2)C[C@H](C)O1. The van der Waals surface area contributed by atoms with Crippen molar-refractivity contribution in [1.29, 1.82) is 0 Å². The topological polar surface area (TPSA) is 75.8 Å². The van der Waals surface area contributed by atoms with Crippen LogP contribution in [0.25, 0.3) is 0 Å². The molecule has 0 amide bonds. The maximum absolute atomic E-state index is 10.9. The molecule has 1 aliphatic rings. The van der Waals surface area contributed by atoms with Gasteiger partial charge in [-0.3, -0.25) is 0 Å². The van der Waals surface area contributed by atoms with Gasteiger partial charge in [0.05, 0.1) is 17.8 Å². The van der Waals surface area contributed by atoms with Crippen molar-refractivity contribution in [2.75, 3.05) is 23.7 Å². The maximum Gasteiger partial charge on any atom is 0.337 e. The van der Waals surface area contributed by atoms with Crippen LogP contribution in [0.2, 0.25) is 0 Å². The van der Waals surface area contributed by atoms with Gasteiger partial charge in [-0.1, -0.05) is 0 Å². The number of carboxylic acid groups (broad SMARTS) is 1. The number of carboxylic acids is 1. The van der Waals surface area contributed by atoms with E-state index in [-0.39, 0.29) is 17.8 Å². The predicted molar refractivity (Wildman–Crippen MR) is 70.0 cm³/mol. The van der Waals surface area contributed by atoms with Gasteiger partial charge < -0.3 is 20.5 Å². The molecular formula is C13H18N2O3. The molecule has 0 bridgehead atoms. The fraction of sp³-hybridized carbons (Fsp3) is 0.462. The van der Waals surface area contributed by atoms with E-state index >= 15 is 0 Å². The van der Waals surface area contributed by atoms with Gasteiger partial charge >= 0.3 is 5.97 Å². The Morgan fingerprint density at radius 1 is 1.39 bits per heavy atom. The first-order valence-corrected chi connectivity index (χ1v) is 6.00. The number of nitrogen functional groups attached to an aromatic ring is 1. The highest BCUT2D eigenvalue weighted by atomic mass is 16.5. The number of carbonyl (C=O) groups is 1. The van der Waals surface area contributed by atoms with E-state index in [0.717, 1.165) is 18.8 Å². The summed E-state index contributed by atoms with van der Waals surface area (Å²) in [6.45, 7) is 5.63. The number of hydrogen-bond donors (Lipinski definition) is 2. The molecule has 1 aromatic rings. The third kappa shape index (κ3) is 2.56. The molecule has 0 spiro atoms. The summed E-state index contributed by atoms with van der Waals surface area (Å²) < 4.78 is 5.66. The summed E-state index contributed by atoms with van der Waals surface area (Å²) in [4.78, 5) is 13.1. The Kier molecular flexibility index (Phi) is 3.43. The third-order valence-corrected chi connectivity index (χ3v) is 3.05. The molecule has 1 fully saturated rings. The van der Waals surface area contributed by atoms with E-state index in [4.69, 9.17) is 15.6 Å². The molecule has 0 aromatic heterocycles. The Labute approximate surface area is 106 Å². The Morgan fingerprint density at radius 2 is 2.00 bits per heavy atom. The lowest BCUT2D eigenvalue weighted by atomic mass is 10.1. The first-order chi connectivity index (χ1) is 8.47. The van der Waals surface area contributed by atoms with Crippen molar-refractivity contribution in [2.45, 2.75) is 26.1 Å². The van der Waals surface area contributed by atoms with Crippen LogP contribution in [0.1, 0.15) is 24.2 Å². The number of ether oxygens (including phenoxy) is 1. The highest BCUT2D eigenvalue weighted by Crippen LogP contribution is 2.24. The van der Waals surface area contributed by atoms with E-state index in [9.17, 15) is 4.79 Å². The van der Waals surface area contributed by atoms with Crippen LogP contribution < -0.4 is 10.6 Å². The van der Waals surface area contributed by atoms with Crippen LogP contribution in [-0.2, 0) is 4.74 Å². The van der Waals surface area contributed by atoms with Crippen LogP contribution in [-0.4, -0.2) is 36.4 Å². The minimum atomic E-state index is -0.997. The molecule has 98 valence electrons. The molecule has 1 aliphatic heterocycles. The van der Waals surface area contributed by atoms with Crippen LogP contribution in [0, 0.1) is 0 Å². The Morgan fingerprint density at radius 3 is 2.50 bits per heavy atom. The van der Waals surface area contributed by atoms with Crippen LogP contribution in [0.3, 0.4) is 0 Å². The first kappa shape index (κ1) is 12.7. The van der Waals surface area contributed by atoms with E-state index < -0.39 is 5.97 Å². The summed E-state index contributed by atoms with van der Waals surface area (Å²) in [6, 6.07) is 5.07. The molecule has 2 atom stereocenters. The third-order valence-electron chi connectivity index (χ3n) is 3.05. The number of nitrogens with two attached hydrogens (primary N) is 1. The highest BCUT2D eigenvalue weighted by molar-refractivity contribution is 5.94. The second-order valence-corrected chi connectivity index (χ2v) is 4.74. The first-order valence-electron chi connectivity index (χ1n) is 6.00. The van der Waals surface area contributed by atoms with E-state index in [1.807, 2.05) is 13.8 Å². The lowest BCUT2D eigenvalue weighted by Crippen LogP contribution is -2.45.